The number of methoxy groups -OCH3 is 2. The van der Waals surface area contributed by atoms with Crippen molar-refractivity contribution in [2.45, 2.75) is 31.3 Å². The van der Waals surface area contributed by atoms with Crippen LogP contribution in [0.15, 0.2) is 69.8 Å². The van der Waals surface area contributed by atoms with Gasteiger partial charge in [-0.15, -0.1) is 0 Å². The van der Waals surface area contributed by atoms with Gasteiger partial charge in [0.05, 0.1) is 33.1 Å². The Morgan fingerprint density at radius 2 is 1.78 bits per heavy atom. The highest BCUT2D eigenvalue weighted by atomic mass is 32.2. The zero-order valence-corrected chi connectivity index (χ0v) is 21.5. The molecule has 4 rings (SSSR count). The molecule has 0 fully saturated rings. The van der Waals surface area contributed by atoms with Crippen molar-refractivity contribution >= 4 is 46.4 Å². The molecule has 2 aromatic rings. The van der Waals surface area contributed by atoms with Crippen LogP contribution in [-0.4, -0.2) is 60.8 Å². The number of thioether (sulfide) groups is 1. The summed E-state index contributed by atoms with van der Waals surface area (Å²) in [5.41, 5.74) is 2.07. The van der Waals surface area contributed by atoms with Crippen LogP contribution in [0.4, 0.5) is 5.69 Å². The lowest BCUT2D eigenvalue weighted by atomic mass is 10.0. The predicted molar refractivity (Wildman–Crippen MR) is 135 cm³/mol. The molecule has 11 heteroatoms. The molecule has 2 aromatic carbocycles. The van der Waals surface area contributed by atoms with E-state index in [1.54, 1.807) is 42.2 Å². The van der Waals surface area contributed by atoms with Crippen molar-refractivity contribution in [1.82, 2.24) is 4.90 Å². The molecule has 1 amide bonds. The van der Waals surface area contributed by atoms with E-state index in [1.165, 1.54) is 18.9 Å². The maximum absolute atomic E-state index is 13.4. The van der Waals surface area contributed by atoms with Gasteiger partial charge in [0.25, 0.3) is 0 Å². The fraction of sp³-hybridized carbons (Fsp3) is 0.269. The predicted octanol–water partition coefficient (Wildman–Crippen LogP) is 2.79. The Bertz CT molecular complexity index is 1320. The minimum Gasteiger partial charge on any atom is -0.467 e. The molecule has 0 saturated heterocycles. The number of ether oxygens (including phenoxy) is 3. The number of amides is 1. The zero-order valence-electron chi connectivity index (χ0n) is 20.7. The summed E-state index contributed by atoms with van der Waals surface area (Å²) in [6, 6.07) is 13.2. The summed E-state index contributed by atoms with van der Waals surface area (Å²) in [7, 11) is 2.36. The number of benzene rings is 2. The number of anilines is 1. The number of amidine groups is 1. The number of aliphatic imine (C=N–C) groups is 1. The van der Waals surface area contributed by atoms with Crippen LogP contribution in [-0.2, 0) is 39.9 Å². The van der Waals surface area contributed by atoms with Crippen molar-refractivity contribution in [2.24, 2.45) is 4.99 Å². The monoisotopic (exact) mass is 523 g/mol. The van der Waals surface area contributed by atoms with Crippen LogP contribution in [0.3, 0.4) is 0 Å². The van der Waals surface area contributed by atoms with E-state index in [4.69, 9.17) is 14.2 Å². The number of esters is 3. The Morgan fingerprint density at radius 3 is 2.43 bits per heavy atom. The second-order valence-corrected chi connectivity index (χ2v) is 9.10. The minimum absolute atomic E-state index is 0.0236. The lowest BCUT2D eigenvalue weighted by molar-refractivity contribution is -0.159. The molecule has 0 N–H and O–H groups in total. The third-order valence-electron chi connectivity index (χ3n) is 5.72. The first-order chi connectivity index (χ1) is 17.8. The van der Waals surface area contributed by atoms with Gasteiger partial charge in [-0.2, -0.15) is 0 Å². The van der Waals surface area contributed by atoms with Crippen LogP contribution < -0.4 is 4.90 Å². The topological polar surface area (TPSA) is 115 Å². The third-order valence-corrected chi connectivity index (χ3v) is 6.74. The van der Waals surface area contributed by atoms with Gasteiger partial charge in [-0.1, -0.05) is 36.4 Å². The van der Waals surface area contributed by atoms with E-state index in [9.17, 15) is 19.2 Å². The number of rotatable bonds is 6. The van der Waals surface area contributed by atoms with Gasteiger partial charge in [0.2, 0.25) is 0 Å². The van der Waals surface area contributed by atoms with E-state index in [1.807, 2.05) is 25.1 Å². The average Bonchev–Trinajstić information content (AvgIpc) is 3.27. The summed E-state index contributed by atoms with van der Waals surface area (Å²) in [6.45, 7) is 3.37. The van der Waals surface area contributed by atoms with Crippen LogP contribution in [0.1, 0.15) is 18.1 Å². The Morgan fingerprint density at radius 1 is 1.05 bits per heavy atom. The maximum atomic E-state index is 13.4. The summed E-state index contributed by atoms with van der Waals surface area (Å²) in [4.78, 5) is 60.4. The van der Waals surface area contributed by atoms with E-state index in [0.29, 0.717) is 16.4 Å². The number of fused-ring (bicyclic) bond motifs is 3. The summed E-state index contributed by atoms with van der Waals surface area (Å²) in [5.74, 6) is -4.01. The Labute approximate surface area is 217 Å². The lowest BCUT2D eigenvalue weighted by Crippen LogP contribution is -2.51. The van der Waals surface area contributed by atoms with Crippen molar-refractivity contribution in [3.05, 3.63) is 71.1 Å². The molecule has 37 heavy (non-hydrogen) atoms. The summed E-state index contributed by atoms with van der Waals surface area (Å²) >= 11 is 1.27. The van der Waals surface area contributed by atoms with Crippen molar-refractivity contribution in [3.63, 3.8) is 0 Å². The molecular weight excluding hydrogens is 498 g/mol. The van der Waals surface area contributed by atoms with Crippen LogP contribution in [0.25, 0.3) is 0 Å². The van der Waals surface area contributed by atoms with E-state index in [-0.39, 0.29) is 24.5 Å². The molecule has 0 radical (unpaired) electrons. The van der Waals surface area contributed by atoms with Crippen LogP contribution in [0.5, 0.6) is 0 Å². The molecule has 192 valence electrons. The lowest BCUT2D eigenvalue weighted by Gasteiger charge is -2.35. The zero-order chi connectivity index (χ0) is 26.7. The van der Waals surface area contributed by atoms with Gasteiger partial charge < -0.3 is 19.1 Å². The van der Waals surface area contributed by atoms with Gasteiger partial charge in [0.15, 0.2) is 17.0 Å². The third kappa shape index (κ3) is 4.94. The van der Waals surface area contributed by atoms with Crippen molar-refractivity contribution in [1.29, 1.82) is 0 Å². The first kappa shape index (κ1) is 26.0. The molecule has 0 aliphatic carbocycles. The second kappa shape index (κ2) is 10.9. The maximum Gasteiger partial charge on any atom is 0.397 e. The molecule has 1 unspecified atom stereocenters. The van der Waals surface area contributed by atoms with Gasteiger partial charge >= 0.3 is 23.8 Å². The highest BCUT2D eigenvalue weighted by Gasteiger charge is 2.48. The number of carbonyl (C=O) groups is 4. The van der Waals surface area contributed by atoms with E-state index >= 15 is 0 Å². The highest BCUT2D eigenvalue weighted by molar-refractivity contribution is 8.14. The SMILES string of the molecule is CCOC(=O)C(=O)N(Cc1ccccc1)C1=C(C(=O)OC)C(C(=O)OC)N2C(=N1)Sc1cc(C)ccc12. The number of aryl methyl sites for hydroxylation is 1. The molecule has 1 atom stereocenters. The van der Waals surface area contributed by atoms with Gasteiger partial charge in [-0.3, -0.25) is 9.69 Å². The summed E-state index contributed by atoms with van der Waals surface area (Å²) in [5, 5.41) is 0.341. The van der Waals surface area contributed by atoms with Gasteiger partial charge in [-0.25, -0.2) is 19.4 Å². The van der Waals surface area contributed by atoms with Gasteiger partial charge in [0.1, 0.15) is 5.57 Å². The van der Waals surface area contributed by atoms with Crippen LogP contribution in [0.2, 0.25) is 0 Å². The van der Waals surface area contributed by atoms with Gasteiger partial charge in [0, 0.05) is 4.90 Å². The fourth-order valence-electron chi connectivity index (χ4n) is 4.05. The number of nitrogens with zero attached hydrogens (tertiary/aromatic N) is 3. The first-order valence-corrected chi connectivity index (χ1v) is 12.2. The largest absolute Gasteiger partial charge is 0.467 e. The fourth-order valence-corrected chi connectivity index (χ4v) is 5.19. The molecule has 10 nitrogen and oxygen atoms in total. The van der Waals surface area contributed by atoms with Crippen molar-refractivity contribution in [2.75, 3.05) is 25.7 Å². The van der Waals surface area contributed by atoms with Crippen molar-refractivity contribution < 1.29 is 33.4 Å². The smallest absolute Gasteiger partial charge is 0.397 e. The molecule has 2 heterocycles. The van der Waals surface area contributed by atoms with E-state index in [2.05, 4.69) is 4.99 Å². The number of hydrogen-bond acceptors (Lipinski definition) is 10. The molecule has 0 saturated carbocycles. The standard InChI is InChI=1S/C26H25N3O7S/c1-5-36-25(33)22(30)28(14-16-9-7-6-8-10-16)21-19(23(31)34-3)20(24(32)35-4)29-17-12-11-15(2)13-18(17)37-26(29)27-21/h6-13,20H,5,14H2,1-4H3. The Balaban J connectivity index is 1.94. The van der Waals surface area contributed by atoms with E-state index in [0.717, 1.165) is 22.5 Å². The number of hydrogen-bond donors (Lipinski definition) is 0. The second-order valence-electron chi connectivity index (χ2n) is 8.09. The van der Waals surface area contributed by atoms with E-state index < -0.39 is 29.9 Å². The molecule has 0 aromatic heterocycles. The average molecular weight is 524 g/mol. The Hall–Kier alpha value is -4.12. The normalized spacial score (nSPS) is 15.8. The Kier molecular flexibility index (Phi) is 7.63. The van der Waals surface area contributed by atoms with Crippen molar-refractivity contribution in [3.8, 4) is 0 Å². The molecule has 0 bridgehead atoms. The van der Waals surface area contributed by atoms with Gasteiger partial charge in [-0.05, 0) is 48.9 Å². The highest BCUT2D eigenvalue weighted by Crippen LogP contribution is 2.46. The van der Waals surface area contributed by atoms with Crippen LogP contribution in [0, 0.1) is 6.92 Å². The van der Waals surface area contributed by atoms with Crippen LogP contribution >= 0.6 is 11.8 Å². The summed E-state index contributed by atoms with van der Waals surface area (Å²) < 4.78 is 15.1. The number of carbonyl (C=O) groups excluding carboxylic acids is 4. The quantitative estimate of drug-likeness (QED) is 0.320. The first-order valence-electron chi connectivity index (χ1n) is 11.4. The minimum atomic E-state index is -1.32. The molecule has 2 aliphatic rings. The molecule has 0 spiro atoms. The molecular formula is C26H25N3O7S. The molecule has 2 aliphatic heterocycles. The summed E-state index contributed by atoms with van der Waals surface area (Å²) in [6.07, 6.45) is 0.